The molecule has 5 nitrogen and oxygen atoms in total. The van der Waals surface area contributed by atoms with E-state index in [0.29, 0.717) is 26.2 Å². The van der Waals surface area contributed by atoms with Crippen LogP contribution >= 0.6 is 0 Å². The molecular formula is C16H28N2O3. The third kappa shape index (κ3) is 6.33. The van der Waals surface area contributed by atoms with Crippen molar-refractivity contribution in [2.45, 2.75) is 26.0 Å². The highest BCUT2D eigenvalue weighted by Gasteiger charge is 2.20. The minimum Gasteiger partial charge on any atom is -0.493 e. The van der Waals surface area contributed by atoms with Gasteiger partial charge >= 0.3 is 0 Å². The van der Waals surface area contributed by atoms with Crippen LogP contribution in [0, 0.1) is 0 Å². The number of nitrogens with one attached hydrogen (secondary N) is 1. The Morgan fingerprint density at radius 1 is 1.29 bits per heavy atom. The summed E-state index contributed by atoms with van der Waals surface area (Å²) in [6.45, 7) is 6.21. The van der Waals surface area contributed by atoms with Gasteiger partial charge in [0.05, 0.1) is 19.3 Å². The molecule has 1 aromatic carbocycles. The number of hydrogen-bond donors (Lipinski definition) is 2. The highest BCUT2D eigenvalue weighted by Crippen LogP contribution is 2.27. The minimum absolute atomic E-state index is 0.528. The molecule has 1 atom stereocenters. The number of hydrogen-bond acceptors (Lipinski definition) is 5. The number of rotatable bonds is 9. The Hall–Kier alpha value is -1.30. The normalized spacial score (nSPS) is 14.0. The standard InChI is InChI=1S/C16H28N2O3/c1-6-21-14-8-7-13(9-15(14)20-5)10-17-11-16(2,19)12-18(3)4/h7-9,17,19H,6,10-12H2,1-5H3. The number of aliphatic hydroxyl groups is 1. The second-order valence-electron chi connectivity index (χ2n) is 5.76. The molecule has 0 spiro atoms. The first kappa shape index (κ1) is 17.8. The van der Waals surface area contributed by atoms with Gasteiger partial charge in [-0.05, 0) is 45.6 Å². The predicted octanol–water partition coefficient (Wildman–Crippen LogP) is 1.50. The highest BCUT2D eigenvalue weighted by atomic mass is 16.5. The summed E-state index contributed by atoms with van der Waals surface area (Å²) in [5.41, 5.74) is 0.342. The predicted molar refractivity (Wildman–Crippen MR) is 85.0 cm³/mol. The van der Waals surface area contributed by atoms with Crippen LogP contribution in [0.25, 0.3) is 0 Å². The second kappa shape index (κ2) is 8.22. The van der Waals surface area contributed by atoms with Crippen molar-refractivity contribution in [1.29, 1.82) is 0 Å². The Bertz CT molecular complexity index is 434. The Balaban J connectivity index is 2.56. The van der Waals surface area contributed by atoms with Crippen LogP contribution in [0.1, 0.15) is 19.4 Å². The molecule has 0 aliphatic heterocycles. The lowest BCUT2D eigenvalue weighted by atomic mass is 10.1. The van der Waals surface area contributed by atoms with Crippen LogP contribution in [0.5, 0.6) is 11.5 Å². The topological polar surface area (TPSA) is 54.0 Å². The van der Waals surface area contributed by atoms with Crippen molar-refractivity contribution in [1.82, 2.24) is 10.2 Å². The molecule has 1 aromatic rings. The van der Waals surface area contributed by atoms with E-state index in [2.05, 4.69) is 5.32 Å². The van der Waals surface area contributed by atoms with Crippen LogP contribution in [0.3, 0.4) is 0 Å². The molecule has 1 unspecified atom stereocenters. The van der Waals surface area contributed by atoms with Gasteiger partial charge in [-0.1, -0.05) is 6.07 Å². The zero-order valence-electron chi connectivity index (χ0n) is 13.8. The third-order valence-corrected chi connectivity index (χ3v) is 3.02. The molecule has 0 heterocycles. The molecule has 1 rings (SSSR count). The first-order valence-electron chi connectivity index (χ1n) is 7.25. The largest absolute Gasteiger partial charge is 0.493 e. The average Bonchev–Trinajstić information content (AvgIpc) is 2.38. The molecule has 120 valence electrons. The van der Waals surface area contributed by atoms with E-state index >= 15 is 0 Å². The van der Waals surface area contributed by atoms with Crippen LogP contribution in [-0.4, -0.2) is 56.5 Å². The minimum atomic E-state index is -0.751. The maximum absolute atomic E-state index is 10.2. The fourth-order valence-electron chi connectivity index (χ4n) is 2.31. The van der Waals surface area contributed by atoms with Crippen molar-refractivity contribution in [3.8, 4) is 11.5 Å². The molecule has 0 saturated heterocycles. The number of likely N-dealkylation sites (N-methyl/N-ethyl adjacent to an activating group) is 1. The first-order valence-corrected chi connectivity index (χ1v) is 7.25. The summed E-state index contributed by atoms with van der Waals surface area (Å²) in [7, 11) is 5.54. The summed E-state index contributed by atoms with van der Waals surface area (Å²) in [6.07, 6.45) is 0. The fraction of sp³-hybridized carbons (Fsp3) is 0.625. The van der Waals surface area contributed by atoms with Gasteiger partial charge in [0.1, 0.15) is 0 Å². The Morgan fingerprint density at radius 2 is 2.00 bits per heavy atom. The van der Waals surface area contributed by atoms with Gasteiger partial charge in [-0.15, -0.1) is 0 Å². The smallest absolute Gasteiger partial charge is 0.161 e. The average molecular weight is 296 g/mol. The SMILES string of the molecule is CCOc1ccc(CNCC(C)(O)CN(C)C)cc1OC. The quantitative estimate of drug-likeness (QED) is 0.723. The van der Waals surface area contributed by atoms with E-state index in [4.69, 9.17) is 9.47 Å². The first-order chi connectivity index (χ1) is 9.88. The summed E-state index contributed by atoms with van der Waals surface area (Å²) in [5, 5.41) is 13.5. The van der Waals surface area contributed by atoms with Crippen LogP contribution in [0.4, 0.5) is 0 Å². The summed E-state index contributed by atoms with van der Waals surface area (Å²) in [5.74, 6) is 1.49. The second-order valence-corrected chi connectivity index (χ2v) is 5.76. The van der Waals surface area contributed by atoms with E-state index in [1.165, 1.54) is 0 Å². The third-order valence-electron chi connectivity index (χ3n) is 3.02. The van der Waals surface area contributed by atoms with Gasteiger partial charge in [-0.2, -0.15) is 0 Å². The molecule has 21 heavy (non-hydrogen) atoms. The van der Waals surface area contributed by atoms with Crippen LogP contribution in [0.2, 0.25) is 0 Å². The molecule has 0 bridgehead atoms. The molecule has 0 fully saturated rings. The maximum atomic E-state index is 10.2. The molecule has 5 heteroatoms. The van der Waals surface area contributed by atoms with E-state index in [0.717, 1.165) is 17.1 Å². The van der Waals surface area contributed by atoms with Crippen molar-refractivity contribution < 1.29 is 14.6 Å². The zero-order valence-corrected chi connectivity index (χ0v) is 13.8. The van der Waals surface area contributed by atoms with Gasteiger partial charge in [0.2, 0.25) is 0 Å². The van der Waals surface area contributed by atoms with Crippen molar-refractivity contribution in [2.75, 3.05) is 40.9 Å². The monoisotopic (exact) mass is 296 g/mol. The Labute approximate surface area is 127 Å². The lowest BCUT2D eigenvalue weighted by molar-refractivity contribution is 0.0336. The lowest BCUT2D eigenvalue weighted by Gasteiger charge is -2.27. The Morgan fingerprint density at radius 3 is 2.57 bits per heavy atom. The van der Waals surface area contributed by atoms with Gasteiger partial charge in [0.25, 0.3) is 0 Å². The van der Waals surface area contributed by atoms with Crippen molar-refractivity contribution in [3.63, 3.8) is 0 Å². The van der Waals surface area contributed by atoms with E-state index < -0.39 is 5.60 Å². The summed E-state index contributed by atoms with van der Waals surface area (Å²) >= 11 is 0. The summed E-state index contributed by atoms with van der Waals surface area (Å²) in [6, 6.07) is 5.87. The van der Waals surface area contributed by atoms with Crippen molar-refractivity contribution in [3.05, 3.63) is 23.8 Å². The fourth-order valence-corrected chi connectivity index (χ4v) is 2.31. The molecule has 0 saturated carbocycles. The lowest BCUT2D eigenvalue weighted by Crippen LogP contribution is -2.45. The molecule has 0 aromatic heterocycles. The molecule has 0 radical (unpaired) electrons. The van der Waals surface area contributed by atoms with Gasteiger partial charge in [0, 0.05) is 19.6 Å². The summed E-state index contributed by atoms with van der Waals surface area (Å²) < 4.78 is 10.8. The van der Waals surface area contributed by atoms with Crippen LogP contribution in [-0.2, 0) is 6.54 Å². The van der Waals surface area contributed by atoms with Crippen LogP contribution in [0.15, 0.2) is 18.2 Å². The number of nitrogens with zero attached hydrogens (tertiary/aromatic N) is 1. The van der Waals surface area contributed by atoms with Gasteiger partial charge < -0.3 is 24.8 Å². The van der Waals surface area contributed by atoms with Gasteiger partial charge in [0.15, 0.2) is 11.5 Å². The van der Waals surface area contributed by atoms with Crippen molar-refractivity contribution >= 4 is 0 Å². The molecular weight excluding hydrogens is 268 g/mol. The maximum Gasteiger partial charge on any atom is 0.161 e. The number of ether oxygens (including phenoxy) is 2. The zero-order chi connectivity index (χ0) is 15.9. The Kier molecular flexibility index (Phi) is 6.95. The summed E-state index contributed by atoms with van der Waals surface area (Å²) in [4.78, 5) is 1.97. The molecule has 2 N–H and O–H groups in total. The van der Waals surface area contributed by atoms with E-state index in [1.54, 1.807) is 7.11 Å². The molecule has 0 amide bonds. The number of benzene rings is 1. The molecule has 0 aliphatic carbocycles. The van der Waals surface area contributed by atoms with Gasteiger partial charge in [-0.25, -0.2) is 0 Å². The highest BCUT2D eigenvalue weighted by molar-refractivity contribution is 5.42. The van der Waals surface area contributed by atoms with E-state index in [9.17, 15) is 5.11 Å². The number of methoxy groups -OCH3 is 1. The van der Waals surface area contributed by atoms with Gasteiger partial charge in [-0.3, -0.25) is 0 Å². The van der Waals surface area contributed by atoms with E-state index in [-0.39, 0.29) is 0 Å². The van der Waals surface area contributed by atoms with Crippen LogP contribution < -0.4 is 14.8 Å². The molecule has 0 aliphatic rings. The van der Waals surface area contributed by atoms with E-state index in [1.807, 2.05) is 51.0 Å². The van der Waals surface area contributed by atoms with Crippen molar-refractivity contribution in [2.24, 2.45) is 0 Å².